The number of hydrogen-bond donors (Lipinski definition) is 1. The van der Waals surface area contributed by atoms with Crippen LogP contribution in [0.1, 0.15) is 24.5 Å². The number of amides is 1. The Bertz CT molecular complexity index is 529. The van der Waals surface area contributed by atoms with Crippen LogP contribution in [0.2, 0.25) is 0 Å². The van der Waals surface area contributed by atoms with Gasteiger partial charge in [0.25, 0.3) is 0 Å². The van der Waals surface area contributed by atoms with Crippen LogP contribution in [0, 0.1) is 5.92 Å². The Hall–Kier alpha value is -1.88. The van der Waals surface area contributed by atoms with Gasteiger partial charge in [0.1, 0.15) is 0 Å². The van der Waals surface area contributed by atoms with Crippen molar-refractivity contribution in [2.24, 2.45) is 5.92 Å². The van der Waals surface area contributed by atoms with Crippen molar-refractivity contribution in [3.8, 4) is 0 Å². The third-order valence-electron chi connectivity index (χ3n) is 4.05. The zero-order valence-electron chi connectivity index (χ0n) is 12.4. The molecule has 1 fully saturated rings. The average molecular weight is 291 g/mol. The van der Waals surface area contributed by atoms with Crippen LogP contribution in [0.5, 0.6) is 0 Å². The van der Waals surface area contributed by atoms with E-state index >= 15 is 0 Å². The smallest absolute Gasteiger partial charge is 0.308 e. The summed E-state index contributed by atoms with van der Waals surface area (Å²) in [6, 6.07) is 7.49. The van der Waals surface area contributed by atoms with Crippen molar-refractivity contribution in [1.29, 1.82) is 0 Å². The third kappa shape index (κ3) is 3.61. The van der Waals surface area contributed by atoms with Gasteiger partial charge in [0, 0.05) is 19.7 Å². The molecule has 0 bridgehead atoms. The van der Waals surface area contributed by atoms with Crippen LogP contribution in [0.25, 0.3) is 0 Å². The van der Waals surface area contributed by atoms with E-state index in [-0.39, 0.29) is 11.9 Å². The van der Waals surface area contributed by atoms with E-state index in [1.54, 1.807) is 12.0 Å². The molecule has 5 heteroatoms. The highest BCUT2D eigenvalue weighted by Gasteiger charge is 2.37. The predicted molar refractivity (Wildman–Crippen MR) is 77.8 cm³/mol. The van der Waals surface area contributed by atoms with E-state index < -0.39 is 11.9 Å². The van der Waals surface area contributed by atoms with Gasteiger partial charge in [-0.25, -0.2) is 0 Å². The van der Waals surface area contributed by atoms with Crippen molar-refractivity contribution >= 4 is 11.9 Å². The standard InChI is InChI=1S/C16H21NO4/c1-11-14(16(19)20)6-7-17(11)15(18)9-12-4-3-5-13(8-12)10-21-2/h3-5,8,11,14H,6-7,9-10H2,1-2H3,(H,19,20). The number of carbonyl (C=O) groups excluding carboxylic acids is 1. The number of nitrogens with zero attached hydrogens (tertiary/aromatic N) is 1. The van der Waals surface area contributed by atoms with Gasteiger partial charge in [-0.2, -0.15) is 0 Å². The minimum absolute atomic E-state index is 0.0131. The van der Waals surface area contributed by atoms with Crippen molar-refractivity contribution in [3.63, 3.8) is 0 Å². The van der Waals surface area contributed by atoms with Crippen LogP contribution >= 0.6 is 0 Å². The summed E-state index contributed by atoms with van der Waals surface area (Å²) in [4.78, 5) is 25.1. The molecule has 1 amide bonds. The van der Waals surface area contributed by atoms with E-state index in [9.17, 15) is 9.59 Å². The number of rotatable bonds is 5. The third-order valence-corrected chi connectivity index (χ3v) is 4.05. The Morgan fingerprint density at radius 3 is 2.71 bits per heavy atom. The summed E-state index contributed by atoms with van der Waals surface area (Å²) < 4.78 is 5.08. The number of likely N-dealkylation sites (tertiary alicyclic amines) is 1. The highest BCUT2D eigenvalue weighted by atomic mass is 16.5. The van der Waals surface area contributed by atoms with Gasteiger partial charge in [0.2, 0.25) is 5.91 Å². The first-order valence-electron chi connectivity index (χ1n) is 7.12. The molecule has 0 spiro atoms. The van der Waals surface area contributed by atoms with E-state index in [1.165, 1.54) is 0 Å². The lowest BCUT2D eigenvalue weighted by molar-refractivity contribution is -0.143. The van der Waals surface area contributed by atoms with Crippen LogP contribution in [0.15, 0.2) is 24.3 Å². The van der Waals surface area contributed by atoms with Gasteiger partial charge in [-0.1, -0.05) is 24.3 Å². The summed E-state index contributed by atoms with van der Waals surface area (Å²) in [5.74, 6) is -1.28. The number of carboxylic acid groups (broad SMARTS) is 1. The molecule has 114 valence electrons. The topological polar surface area (TPSA) is 66.8 Å². The molecule has 0 aromatic heterocycles. The number of aliphatic carboxylic acids is 1. The number of carboxylic acids is 1. The van der Waals surface area contributed by atoms with Crippen LogP contribution in [-0.4, -0.2) is 41.6 Å². The van der Waals surface area contributed by atoms with Crippen molar-refractivity contribution < 1.29 is 19.4 Å². The second-order valence-corrected chi connectivity index (χ2v) is 5.49. The van der Waals surface area contributed by atoms with Crippen molar-refractivity contribution in [2.75, 3.05) is 13.7 Å². The summed E-state index contributed by atoms with van der Waals surface area (Å²) >= 11 is 0. The van der Waals surface area contributed by atoms with Gasteiger partial charge in [0.05, 0.1) is 18.9 Å². The maximum Gasteiger partial charge on any atom is 0.308 e. The van der Waals surface area contributed by atoms with Gasteiger partial charge < -0.3 is 14.7 Å². The molecule has 2 rings (SSSR count). The van der Waals surface area contributed by atoms with Crippen molar-refractivity contribution in [3.05, 3.63) is 35.4 Å². The number of benzene rings is 1. The molecule has 1 aromatic carbocycles. The summed E-state index contributed by atoms with van der Waals surface area (Å²) in [5.41, 5.74) is 1.96. The number of methoxy groups -OCH3 is 1. The number of ether oxygens (including phenoxy) is 1. The second-order valence-electron chi connectivity index (χ2n) is 5.49. The normalized spacial score (nSPS) is 21.5. The van der Waals surface area contributed by atoms with E-state index in [0.29, 0.717) is 26.0 Å². The van der Waals surface area contributed by atoms with Crippen molar-refractivity contribution in [1.82, 2.24) is 4.90 Å². The largest absolute Gasteiger partial charge is 0.481 e. The molecule has 2 atom stereocenters. The molecule has 5 nitrogen and oxygen atoms in total. The van der Waals surface area contributed by atoms with Crippen LogP contribution in [-0.2, 0) is 27.4 Å². The van der Waals surface area contributed by atoms with E-state index in [4.69, 9.17) is 9.84 Å². The second kappa shape index (κ2) is 6.72. The molecule has 1 N–H and O–H groups in total. The minimum atomic E-state index is -0.820. The molecule has 1 heterocycles. The first-order valence-corrected chi connectivity index (χ1v) is 7.12. The van der Waals surface area contributed by atoms with E-state index in [1.807, 2.05) is 31.2 Å². The maximum absolute atomic E-state index is 12.4. The highest BCUT2D eigenvalue weighted by Crippen LogP contribution is 2.25. The lowest BCUT2D eigenvalue weighted by Gasteiger charge is -2.23. The molecule has 1 aromatic rings. The predicted octanol–water partition coefficient (Wildman–Crippen LogP) is 1.70. The first kappa shape index (κ1) is 15.5. The molecule has 1 aliphatic rings. The van der Waals surface area contributed by atoms with Crippen molar-refractivity contribution in [2.45, 2.75) is 32.4 Å². The molecular weight excluding hydrogens is 270 g/mol. The molecule has 0 saturated carbocycles. The van der Waals surface area contributed by atoms with Gasteiger partial charge in [0.15, 0.2) is 0 Å². The average Bonchev–Trinajstić information content (AvgIpc) is 2.81. The fourth-order valence-corrected chi connectivity index (χ4v) is 2.89. The number of hydrogen-bond acceptors (Lipinski definition) is 3. The van der Waals surface area contributed by atoms with Gasteiger partial charge in [-0.05, 0) is 24.5 Å². The fraction of sp³-hybridized carbons (Fsp3) is 0.500. The van der Waals surface area contributed by atoms with Crippen LogP contribution in [0.3, 0.4) is 0 Å². The molecule has 1 aliphatic heterocycles. The number of carbonyl (C=O) groups is 2. The zero-order chi connectivity index (χ0) is 15.4. The van der Waals surface area contributed by atoms with Gasteiger partial charge >= 0.3 is 5.97 Å². The Morgan fingerprint density at radius 2 is 2.10 bits per heavy atom. The first-order chi connectivity index (χ1) is 10.0. The Labute approximate surface area is 124 Å². The lowest BCUT2D eigenvalue weighted by Crippen LogP contribution is -2.38. The van der Waals surface area contributed by atoms with E-state index in [0.717, 1.165) is 11.1 Å². The Balaban J connectivity index is 2.02. The monoisotopic (exact) mass is 291 g/mol. The summed E-state index contributed by atoms with van der Waals surface area (Å²) in [7, 11) is 1.63. The lowest BCUT2D eigenvalue weighted by atomic mass is 10.0. The molecule has 21 heavy (non-hydrogen) atoms. The SMILES string of the molecule is COCc1cccc(CC(=O)N2CCC(C(=O)O)C2C)c1. The minimum Gasteiger partial charge on any atom is -0.481 e. The van der Waals surface area contributed by atoms with Gasteiger partial charge in [-0.15, -0.1) is 0 Å². The zero-order valence-corrected chi connectivity index (χ0v) is 12.4. The van der Waals surface area contributed by atoms with Crippen LogP contribution in [0.4, 0.5) is 0 Å². The highest BCUT2D eigenvalue weighted by molar-refractivity contribution is 5.81. The molecule has 0 radical (unpaired) electrons. The van der Waals surface area contributed by atoms with Crippen LogP contribution < -0.4 is 0 Å². The van der Waals surface area contributed by atoms with Gasteiger partial charge in [-0.3, -0.25) is 9.59 Å². The summed E-state index contributed by atoms with van der Waals surface area (Å²) in [6.45, 7) is 2.85. The summed E-state index contributed by atoms with van der Waals surface area (Å²) in [5, 5.41) is 9.12. The Morgan fingerprint density at radius 1 is 1.38 bits per heavy atom. The Kier molecular flexibility index (Phi) is 4.96. The molecule has 0 aliphatic carbocycles. The fourth-order valence-electron chi connectivity index (χ4n) is 2.89. The molecular formula is C16H21NO4. The maximum atomic E-state index is 12.4. The quantitative estimate of drug-likeness (QED) is 0.896. The summed E-state index contributed by atoms with van der Waals surface area (Å²) in [6.07, 6.45) is 0.834. The van der Waals surface area contributed by atoms with E-state index in [2.05, 4.69) is 0 Å². The molecule has 2 unspecified atom stereocenters. The molecule has 1 saturated heterocycles.